The molecular weight excluding hydrogens is 299 g/mol. The van der Waals surface area contributed by atoms with Crippen LogP contribution in [0.1, 0.15) is 18.4 Å². The fourth-order valence-electron chi connectivity index (χ4n) is 2.09. The Morgan fingerprint density at radius 2 is 1.80 bits per heavy atom. The van der Waals surface area contributed by atoms with Gasteiger partial charge in [0.25, 0.3) is 0 Å². The summed E-state index contributed by atoms with van der Waals surface area (Å²) in [6.07, 6.45) is 4.23. The Labute approximate surface area is 127 Å². The summed E-state index contributed by atoms with van der Waals surface area (Å²) in [5.74, 6) is -0.511. The van der Waals surface area contributed by atoms with Gasteiger partial charge in [-0.1, -0.05) is 41.4 Å². The van der Waals surface area contributed by atoms with Crippen LogP contribution in [0, 0.1) is 0 Å². The van der Waals surface area contributed by atoms with Crippen molar-refractivity contribution >= 4 is 29.0 Å². The molecule has 1 aromatic rings. The lowest BCUT2D eigenvalue weighted by Gasteiger charge is -2.26. The monoisotopic (exact) mass is 312 g/mol. The maximum Gasteiger partial charge on any atom is 0.197 e. The van der Waals surface area contributed by atoms with E-state index in [0.717, 1.165) is 0 Å². The fraction of sp³-hybridized carbons (Fsp3) is 0.267. The van der Waals surface area contributed by atoms with Crippen molar-refractivity contribution in [3.8, 4) is 0 Å². The van der Waals surface area contributed by atoms with Crippen molar-refractivity contribution in [2.75, 3.05) is 6.61 Å². The number of benzene rings is 1. The number of rotatable bonds is 4. The molecule has 0 amide bonds. The van der Waals surface area contributed by atoms with Crippen molar-refractivity contribution in [1.29, 1.82) is 0 Å². The van der Waals surface area contributed by atoms with E-state index in [1.165, 1.54) is 12.1 Å². The third-order valence-electron chi connectivity index (χ3n) is 3.32. The van der Waals surface area contributed by atoms with E-state index in [-0.39, 0.29) is 0 Å². The van der Waals surface area contributed by atoms with Crippen LogP contribution >= 0.6 is 23.2 Å². The summed E-state index contributed by atoms with van der Waals surface area (Å²) < 4.78 is 0. The molecule has 0 bridgehead atoms. The number of Topliss-reactive ketones (excluding diaryl/α,β-unsaturated/α-hetero) is 1. The van der Waals surface area contributed by atoms with Crippen LogP contribution in [-0.2, 0) is 10.4 Å². The lowest BCUT2D eigenvalue weighted by Crippen LogP contribution is -2.40. The Kier molecular flexibility index (Phi) is 4.66. The highest BCUT2D eigenvalue weighted by molar-refractivity contribution is 6.30. The zero-order chi connectivity index (χ0) is 14.8. The van der Waals surface area contributed by atoms with E-state index in [1.54, 1.807) is 24.3 Å². The van der Waals surface area contributed by atoms with Crippen LogP contribution in [0.4, 0.5) is 0 Å². The molecule has 0 saturated carbocycles. The molecule has 0 heterocycles. The Balaban J connectivity index is 2.35. The Morgan fingerprint density at radius 1 is 1.15 bits per heavy atom. The molecule has 0 radical (unpaired) electrons. The quantitative estimate of drug-likeness (QED) is 0.898. The first-order chi connectivity index (χ1) is 9.47. The predicted molar refractivity (Wildman–Crippen MR) is 78.7 cm³/mol. The Morgan fingerprint density at radius 3 is 2.30 bits per heavy atom. The van der Waals surface area contributed by atoms with Gasteiger partial charge in [0.05, 0.1) is 6.61 Å². The number of halogens is 2. The first-order valence-electron chi connectivity index (χ1n) is 6.16. The van der Waals surface area contributed by atoms with Gasteiger partial charge < -0.3 is 10.2 Å². The summed E-state index contributed by atoms with van der Waals surface area (Å²) in [5, 5.41) is 21.2. The summed E-state index contributed by atoms with van der Waals surface area (Å²) >= 11 is 11.6. The first kappa shape index (κ1) is 15.3. The molecular formula is C15H14Cl2O3. The van der Waals surface area contributed by atoms with Crippen LogP contribution in [-0.4, -0.2) is 22.6 Å². The van der Waals surface area contributed by atoms with Gasteiger partial charge in [-0.2, -0.15) is 0 Å². The third-order valence-corrected chi connectivity index (χ3v) is 3.88. The zero-order valence-electron chi connectivity index (χ0n) is 10.6. The minimum atomic E-state index is -1.95. The van der Waals surface area contributed by atoms with Gasteiger partial charge in [-0.3, -0.25) is 4.79 Å². The summed E-state index contributed by atoms with van der Waals surface area (Å²) in [7, 11) is 0. The molecule has 1 aliphatic carbocycles. The maximum atomic E-state index is 12.5. The normalized spacial score (nSPS) is 18.0. The largest absolute Gasteiger partial charge is 0.393 e. The minimum absolute atomic E-state index is 0.316. The molecule has 0 aliphatic heterocycles. The number of allylic oxidation sites excluding steroid dienone is 3. The van der Waals surface area contributed by atoms with Crippen molar-refractivity contribution in [3.05, 3.63) is 57.6 Å². The van der Waals surface area contributed by atoms with Crippen LogP contribution in [0.5, 0.6) is 0 Å². The van der Waals surface area contributed by atoms with Crippen LogP contribution in [0.3, 0.4) is 0 Å². The van der Waals surface area contributed by atoms with Crippen molar-refractivity contribution in [2.45, 2.75) is 18.4 Å². The molecule has 106 valence electrons. The summed E-state index contributed by atoms with van der Waals surface area (Å²) in [6.45, 7) is -0.692. The molecule has 1 atom stereocenters. The van der Waals surface area contributed by atoms with Crippen molar-refractivity contribution < 1.29 is 15.0 Å². The Bertz CT molecular complexity index is 575. The van der Waals surface area contributed by atoms with E-state index >= 15 is 0 Å². The average molecular weight is 313 g/mol. The molecule has 0 fully saturated rings. The summed E-state index contributed by atoms with van der Waals surface area (Å²) in [6, 6.07) is 6.19. The molecule has 1 aromatic carbocycles. The summed E-state index contributed by atoms with van der Waals surface area (Å²) in [4.78, 5) is 12.5. The number of aliphatic hydroxyl groups excluding tert-OH is 1. The molecule has 0 saturated heterocycles. The number of hydrogen-bond donors (Lipinski definition) is 2. The van der Waals surface area contributed by atoms with Gasteiger partial charge in [0.1, 0.15) is 0 Å². The molecule has 1 aliphatic rings. The molecule has 20 heavy (non-hydrogen) atoms. The second-order valence-electron chi connectivity index (χ2n) is 4.66. The molecule has 3 nitrogen and oxygen atoms in total. The van der Waals surface area contributed by atoms with Crippen LogP contribution in [0.2, 0.25) is 5.02 Å². The first-order valence-corrected chi connectivity index (χ1v) is 6.92. The molecule has 2 N–H and O–H groups in total. The van der Waals surface area contributed by atoms with E-state index in [1.807, 2.05) is 0 Å². The number of hydrogen-bond acceptors (Lipinski definition) is 3. The average Bonchev–Trinajstić information content (AvgIpc) is 2.47. The maximum absolute atomic E-state index is 12.5. The zero-order valence-corrected chi connectivity index (χ0v) is 12.2. The Hall–Kier alpha value is -1.13. The van der Waals surface area contributed by atoms with Gasteiger partial charge in [-0.25, -0.2) is 0 Å². The molecule has 0 aromatic heterocycles. The van der Waals surface area contributed by atoms with Gasteiger partial charge in [-0.05, 0) is 42.2 Å². The van der Waals surface area contributed by atoms with E-state index in [0.29, 0.717) is 34.0 Å². The van der Waals surface area contributed by atoms with Crippen LogP contribution in [0.15, 0.2) is 47.0 Å². The van der Waals surface area contributed by atoms with E-state index in [4.69, 9.17) is 23.2 Å². The number of carbonyl (C=O) groups is 1. The molecule has 5 heteroatoms. The van der Waals surface area contributed by atoms with Gasteiger partial charge >= 0.3 is 0 Å². The lowest BCUT2D eigenvalue weighted by molar-refractivity contribution is -0.138. The van der Waals surface area contributed by atoms with Crippen molar-refractivity contribution in [3.63, 3.8) is 0 Å². The standard InChI is InChI=1S/C15H14Cl2O3/c16-12-5-1-10(2-6-12)14(19)15(20,9-18)11-3-7-13(17)8-4-11/h1,3-5,7-8,18,20H,2,6,9H2. The summed E-state index contributed by atoms with van der Waals surface area (Å²) in [5.41, 5.74) is -1.19. The third kappa shape index (κ3) is 2.96. The second kappa shape index (κ2) is 6.10. The highest BCUT2D eigenvalue weighted by Crippen LogP contribution is 2.30. The highest BCUT2D eigenvalue weighted by atomic mass is 35.5. The van der Waals surface area contributed by atoms with E-state index < -0.39 is 18.0 Å². The van der Waals surface area contributed by atoms with Gasteiger partial charge in [0.2, 0.25) is 0 Å². The highest BCUT2D eigenvalue weighted by Gasteiger charge is 2.39. The van der Waals surface area contributed by atoms with E-state index in [9.17, 15) is 15.0 Å². The lowest BCUT2D eigenvalue weighted by atomic mass is 9.84. The molecule has 0 spiro atoms. The molecule has 1 unspecified atom stereocenters. The van der Waals surface area contributed by atoms with E-state index in [2.05, 4.69) is 0 Å². The van der Waals surface area contributed by atoms with Crippen molar-refractivity contribution in [1.82, 2.24) is 0 Å². The van der Waals surface area contributed by atoms with Gasteiger partial charge in [0, 0.05) is 10.1 Å². The van der Waals surface area contributed by atoms with Crippen LogP contribution in [0.25, 0.3) is 0 Å². The fourth-order valence-corrected chi connectivity index (χ4v) is 2.37. The van der Waals surface area contributed by atoms with Gasteiger partial charge in [-0.15, -0.1) is 0 Å². The number of aliphatic hydroxyl groups is 2. The van der Waals surface area contributed by atoms with Gasteiger partial charge in [0.15, 0.2) is 11.4 Å². The topological polar surface area (TPSA) is 57.5 Å². The SMILES string of the molecule is O=C(C1=CC=C(Cl)CC1)C(O)(CO)c1ccc(Cl)cc1. The second-order valence-corrected chi connectivity index (χ2v) is 5.58. The van der Waals surface area contributed by atoms with Crippen molar-refractivity contribution in [2.24, 2.45) is 0 Å². The smallest absolute Gasteiger partial charge is 0.197 e. The number of ketones is 1. The number of carbonyl (C=O) groups excluding carboxylic acids is 1. The minimum Gasteiger partial charge on any atom is -0.393 e. The predicted octanol–water partition coefficient (Wildman–Crippen LogP) is 2.93. The molecule has 2 rings (SSSR count). The van der Waals surface area contributed by atoms with Crippen LogP contribution < -0.4 is 0 Å².